The summed E-state index contributed by atoms with van der Waals surface area (Å²) in [5, 5.41) is 7.70. The predicted molar refractivity (Wildman–Crippen MR) is 91.1 cm³/mol. The minimum Gasteiger partial charge on any atom is -0.452 e. The Labute approximate surface area is 151 Å². The number of urea groups is 1. The molecule has 1 unspecified atom stereocenters. The Morgan fingerprint density at radius 2 is 2.15 bits per heavy atom. The standard InChI is InChI=1S/C15H18N4O6S/c1-8(2)11(12(21)17-14(16)22)24-10(20)5-6-19-15(23)25-13(18-19)9-4-3-7-26-9/h3-4,7-8,11H,5-6H2,1-2H3,(H3,16,17,21,22). The van der Waals surface area contributed by atoms with Crippen LogP contribution in [0.4, 0.5) is 4.79 Å². The third-order valence-corrected chi connectivity index (χ3v) is 4.09. The molecule has 0 aliphatic carbocycles. The number of rotatable bonds is 7. The molecule has 2 aromatic heterocycles. The Bertz CT molecular complexity index is 839. The van der Waals surface area contributed by atoms with E-state index in [1.807, 2.05) is 10.7 Å². The van der Waals surface area contributed by atoms with E-state index >= 15 is 0 Å². The Morgan fingerprint density at radius 1 is 1.42 bits per heavy atom. The van der Waals surface area contributed by atoms with E-state index in [0.29, 0.717) is 4.88 Å². The average Bonchev–Trinajstić information content (AvgIpc) is 3.19. The lowest BCUT2D eigenvalue weighted by Gasteiger charge is -2.19. The van der Waals surface area contributed by atoms with Crippen LogP contribution in [0.15, 0.2) is 26.7 Å². The lowest BCUT2D eigenvalue weighted by atomic mass is 10.1. The van der Waals surface area contributed by atoms with Crippen molar-refractivity contribution in [2.75, 3.05) is 0 Å². The summed E-state index contributed by atoms with van der Waals surface area (Å²) < 4.78 is 11.1. The van der Waals surface area contributed by atoms with Crippen LogP contribution in [0.5, 0.6) is 0 Å². The van der Waals surface area contributed by atoms with Crippen LogP contribution in [-0.4, -0.2) is 33.8 Å². The predicted octanol–water partition coefficient (Wildman–Crippen LogP) is 0.718. The van der Waals surface area contributed by atoms with Crippen LogP contribution in [0, 0.1) is 5.92 Å². The molecule has 0 aliphatic heterocycles. The quantitative estimate of drug-likeness (QED) is 0.671. The molecule has 2 rings (SSSR count). The van der Waals surface area contributed by atoms with Gasteiger partial charge in [-0.3, -0.25) is 14.9 Å². The van der Waals surface area contributed by atoms with Gasteiger partial charge in [-0.2, -0.15) is 4.68 Å². The van der Waals surface area contributed by atoms with Gasteiger partial charge in [0.25, 0.3) is 11.8 Å². The monoisotopic (exact) mass is 382 g/mol. The molecule has 0 aromatic carbocycles. The largest absolute Gasteiger partial charge is 0.452 e. The molecule has 140 valence electrons. The number of imide groups is 1. The molecule has 11 heteroatoms. The fourth-order valence-corrected chi connectivity index (χ4v) is 2.67. The van der Waals surface area contributed by atoms with Crippen LogP contribution in [0.3, 0.4) is 0 Å². The van der Waals surface area contributed by atoms with Gasteiger partial charge >= 0.3 is 17.8 Å². The first kappa shape index (κ1) is 19.4. The lowest BCUT2D eigenvalue weighted by Crippen LogP contribution is -2.45. The van der Waals surface area contributed by atoms with Crippen molar-refractivity contribution in [1.29, 1.82) is 0 Å². The number of thiophene rings is 1. The van der Waals surface area contributed by atoms with Crippen molar-refractivity contribution in [3.63, 3.8) is 0 Å². The van der Waals surface area contributed by atoms with Crippen molar-refractivity contribution < 1.29 is 23.5 Å². The molecule has 3 N–H and O–H groups in total. The summed E-state index contributed by atoms with van der Waals surface area (Å²) in [6, 6.07) is 2.51. The number of aromatic nitrogens is 2. The van der Waals surface area contributed by atoms with Crippen molar-refractivity contribution in [1.82, 2.24) is 15.1 Å². The molecule has 0 bridgehead atoms. The van der Waals surface area contributed by atoms with E-state index in [1.54, 1.807) is 26.0 Å². The molecule has 0 fully saturated rings. The Hall–Kier alpha value is -2.95. The van der Waals surface area contributed by atoms with Crippen molar-refractivity contribution in [3.8, 4) is 10.8 Å². The molecule has 0 radical (unpaired) electrons. The number of hydrogen-bond acceptors (Lipinski definition) is 8. The highest BCUT2D eigenvalue weighted by atomic mass is 32.1. The first-order chi connectivity index (χ1) is 12.3. The molecule has 10 nitrogen and oxygen atoms in total. The average molecular weight is 382 g/mol. The smallest absolute Gasteiger partial charge is 0.437 e. The Kier molecular flexibility index (Phi) is 6.28. The molecule has 0 aliphatic rings. The topological polar surface area (TPSA) is 147 Å². The number of primary amides is 1. The molecule has 0 saturated carbocycles. The highest BCUT2D eigenvalue weighted by molar-refractivity contribution is 7.13. The van der Waals surface area contributed by atoms with E-state index in [4.69, 9.17) is 14.9 Å². The molecule has 2 heterocycles. The maximum Gasteiger partial charge on any atom is 0.437 e. The SMILES string of the molecule is CC(C)C(OC(=O)CCn1nc(-c2cccs2)oc1=O)C(=O)NC(N)=O. The molecular weight excluding hydrogens is 364 g/mol. The van der Waals surface area contributed by atoms with Crippen LogP contribution >= 0.6 is 11.3 Å². The zero-order valence-electron chi connectivity index (χ0n) is 14.1. The van der Waals surface area contributed by atoms with Gasteiger partial charge in [0.1, 0.15) is 0 Å². The normalized spacial score (nSPS) is 12.0. The van der Waals surface area contributed by atoms with E-state index in [9.17, 15) is 19.2 Å². The van der Waals surface area contributed by atoms with Crippen molar-refractivity contribution in [3.05, 3.63) is 28.1 Å². The third-order valence-electron chi connectivity index (χ3n) is 3.23. The van der Waals surface area contributed by atoms with Gasteiger partial charge in [-0.05, 0) is 17.4 Å². The van der Waals surface area contributed by atoms with Gasteiger partial charge in [0.2, 0.25) is 0 Å². The summed E-state index contributed by atoms with van der Waals surface area (Å²) in [5.41, 5.74) is 4.89. The van der Waals surface area contributed by atoms with Gasteiger partial charge in [0.15, 0.2) is 6.10 Å². The highest BCUT2D eigenvalue weighted by Gasteiger charge is 2.27. The second kappa shape index (κ2) is 8.43. The summed E-state index contributed by atoms with van der Waals surface area (Å²) in [7, 11) is 0. The summed E-state index contributed by atoms with van der Waals surface area (Å²) in [6.45, 7) is 3.22. The zero-order valence-corrected chi connectivity index (χ0v) is 14.9. The van der Waals surface area contributed by atoms with Gasteiger partial charge in [0, 0.05) is 0 Å². The number of nitrogens with one attached hydrogen (secondary N) is 1. The van der Waals surface area contributed by atoms with Crippen LogP contribution in [0.25, 0.3) is 10.8 Å². The van der Waals surface area contributed by atoms with Crippen molar-refractivity contribution in [2.45, 2.75) is 32.9 Å². The summed E-state index contributed by atoms with van der Waals surface area (Å²) in [5.74, 6) is -2.44. The third kappa shape index (κ3) is 5.02. The minimum atomic E-state index is -1.18. The number of nitrogens with zero attached hydrogens (tertiary/aromatic N) is 2. The highest BCUT2D eigenvalue weighted by Crippen LogP contribution is 2.21. The summed E-state index contributed by atoms with van der Waals surface area (Å²) in [4.78, 5) is 47.0. The first-order valence-electron chi connectivity index (χ1n) is 7.69. The zero-order chi connectivity index (χ0) is 19.3. The fourth-order valence-electron chi connectivity index (χ4n) is 2.03. The molecule has 1 atom stereocenters. The molecular formula is C15H18N4O6S. The molecule has 2 aromatic rings. The Balaban J connectivity index is 1.96. The lowest BCUT2D eigenvalue weighted by molar-refractivity contribution is -0.158. The van der Waals surface area contributed by atoms with Crippen molar-refractivity contribution in [2.24, 2.45) is 11.7 Å². The van der Waals surface area contributed by atoms with Crippen LogP contribution in [0.2, 0.25) is 0 Å². The summed E-state index contributed by atoms with van der Waals surface area (Å²) in [6.07, 6.45) is -1.38. The van der Waals surface area contributed by atoms with Gasteiger partial charge in [0.05, 0.1) is 17.8 Å². The second-order valence-electron chi connectivity index (χ2n) is 5.63. The van der Waals surface area contributed by atoms with E-state index in [2.05, 4.69) is 5.10 Å². The van der Waals surface area contributed by atoms with Crippen LogP contribution in [-0.2, 0) is 20.9 Å². The first-order valence-corrected chi connectivity index (χ1v) is 8.57. The summed E-state index contributed by atoms with van der Waals surface area (Å²) >= 11 is 1.36. The number of ether oxygens (including phenoxy) is 1. The van der Waals surface area contributed by atoms with Gasteiger partial charge in [-0.1, -0.05) is 19.9 Å². The number of carbonyl (C=O) groups excluding carboxylic acids is 3. The molecule has 0 spiro atoms. The van der Waals surface area contributed by atoms with Gasteiger partial charge < -0.3 is 14.9 Å². The minimum absolute atomic E-state index is 0.0746. The Morgan fingerprint density at radius 3 is 2.73 bits per heavy atom. The van der Waals surface area contributed by atoms with Gasteiger partial charge in [-0.15, -0.1) is 16.4 Å². The van der Waals surface area contributed by atoms with Gasteiger partial charge in [-0.25, -0.2) is 9.59 Å². The number of carbonyl (C=O) groups is 3. The number of esters is 1. The second-order valence-corrected chi connectivity index (χ2v) is 6.58. The fraction of sp³-hybridized carbons (Fsp3) is 0.400. The number of nitrogens with two attached hydrogens (primary N) is 1. The van der Waals surface area contributed by atoms with E-state index < -0.39 is 29.8 Å². The number of amides is 3. The number of hydrogen-bond donors (Lipinski definition) is 2. The number of aryl methyl sites for hydroxylation is 1. The van der Waals surface area contributed by atoms with Crippen LogP contribution < -0.4 is 16.8 Å². The molecule has 26 heavy (non-hydrogen) atoms. The van der Waals surface area contributed by atoms with Crippen LogP contribution in [0.1, 0.15) is 20.3 Å². The van der Waals surface area contributed by atoms with Crippen molar-refractivity contribution >= 4 is 29.2 Å². The molecule has 3 amide bonds. The van der Waals surface area contributed by atoms with E-state index in [-0.39, 0.29) is 24.8 Å². The maximum atomic E-state index is 12.0. The maximum absolute atomic E-state index is 12.0. The van der Waals surface area contributed by atoms with E-state index in [1.165, 1.54) is 11.3 Å². The molecule has 0 saturated heterocycles. The van der Waals surface area contributed by atoms with E-state index in [0.717, 1.165) is 4.68 Å².